The van der Waals surface area contributed by atoms with Gasteiger partial charge in [0.2, 0.25) is 0 Å². The van der Waals surface area contributed by atoms with Crippen LogP contribution in [0.25, 0.3) is 0 Å². The van der Waals surface area contributed by atoms with E-state index in [-0.39, 0.29) is 6.61 Å². The second kappa shape index (κ2) is 5.64. The molecule has 0 fully saturated rings. The molecule has 0 amide bonds. The predicted molar refractivity (Wildman–Crippen MR) is 68.7 cm³/mol. The zero-order valence-electron chi connectivity index (χ0n) is 10.2. The SMILES string of the molecule is CCOC(=O)C(O)c1cccc(N2C=NCC2)c1. The molecule has 5 nitrogen and oxygen atoms in total. The molecule has 96 valence electrons. The maximum atomic E-state index is 11.5. The second-order valence-electron chi connectivity index (χ2n) is 3.96. The Balaban J connectivity index is 2.16. The highest BCUT2D eigenvalue weighted by molar-refractivity contribution is 5.82. The zero-order chi connectivity index (χ0) is 13.0. The third kappa shape index (κ3) is 2.68. The summed E-state index contributed by atoms with van der Waals surface area (Å²) in [6, 6.07) is 7.20. The predicted octanol–water partition coefficient (Wildman–Crippen LogP) is 1.13. The fraction of sp³-hybridized carbons (Fsp3) is 0.385. The Bertz CT molecular complexity index is 459. The Morgan fingerprint density at radius 3 is 3.11 bits per heavy atom. The topological polar surface area (TPSA) is 62.1 Å². The molecule has 2 rings (SSSR count). The van der Waals surface area contributed by atoms with E-state index < -0.39 is 12.1 Å². The van der Waals surface area contributed by atoms with Crippen molar-refractivity contribution in [1.29, 1.82) is 0 Å². The van der Waals surface area contributed by atoms with Crippen LogP contribution in [0.5, 0.6) is 0 Å². The van der Waals surface area contributed by atoms with Gasteiger partial charge in [0, 0.05) is 12.2 Å². The number of hydrogen-bond donors (Lipinski definition) is 1. The molecule has 0 saturated heterocycles. The molecule has 0 aromatic heterocycles. The molecule has 1 aromatic carbocycles. The van der Waals surface area contributed by atoms with Crippen molar-refractivity contribution in [1.82, 2.24) is 0 Å². The largest absolute Gasteiger partial charge is 0.464 e. The first-order valence-electron chi connectivity index (χ1n) is 5.93. The lowest BCUT2D eigenvalue weighted by molar-refractivity contribution is -0.153. The van der Waals surface area contributed by atoms with Crippen LogP contribution in [0.2, 0.25) is 0 Å². The van der Waals surface area contributed by atoms with Crippen molar-refractivity contribution < 1.29 is 14.6 Å². The van der Waals surface area contributed by atoms with Crippen molar-refractivity contribution in [3.63, 3.8) is 0 Å². The summed E-state index contributed by atoms with van der Waals surface area (Å²) in [5, 5.41) is 9.86. The Kier molecular flexibility index (Phi) is 3.94. The van der Waals surface area contributed by atoms with Gasteiger partial charge < -0.3 is 14.7 Å². The van der Waals surface area contributed by atoms with Gasteiger partial charge in [-0.3, -0.25) is 4.99 Å². The molecule has 0 bridgehead atoms. The summed E-state index contributed by atoms with van der Waals surface area (Å²) in [5.74, 6) is -0.621. The van der Waals surface area contributed by atoms with E-state index in [1.807, 2.05) is 11.0 Å². The average molecular weight is 248 g/mol. The highest BCUT2D eigenvalue weighted by atomic mass is 16.5. The van der Waals surface area contributed by atoms with Gasteiger partial charge in [0.15, 0.2) is 6.10 Å². The van der Waals surface area contributed by atoms with E-state index in [4.69, 9.17) is 4.74 Å². The molecule has 0 radical (unpaired) electrons. The van der Waals surface area contributed by atoms with E-state index in [0.717, 1.165) is 18.8 Å². The molecule has 5 heteroatoms. The summed E-state index contributed by atoms with van der Waals surface area (Å²) in [5.41, 5.74) is 1.45. The first-order chi connectivity index (χ1) is 8.72. The highest BCUT2D eigenvalue weighted by Gasteiger charge is 2.19. The highest BCUT2D eigenvalue weighted by Crippen LogP contribution is 2.22. The number of nitrogens with zero attached hydrogens (tertiary/aromatic N) is 2. The Hall–Kier alpha value is -1.88. The molecular weight excluding hydrogens is 232 g/mol. The van der Waals surface area contributed by atoms with Crippen LogP contribution in [-0.2, 0) is 9.53 Å². The van der Waals surface area contributed by atoms with E-state index in [0.29, 0.717) is 5.56 Å². The fourth-order valence-electron chi connectivity index (χ4n) is 1.81. The number of benzene rings is 1. The van der Waals surface area contributed by atoms with E-state index in [2.05, 4.69) is 4.99 Å². The molecule has 1 atom stereocenters. The van der Waals surface area contributed by atoms with Crippen LogP contribution in [-0.4, -0.2) is 37.1 Å². The molecular formula is C13H16N2O3. The van der Waals surface area contributed by atoms with Crippen molar-refractivity contribution in [2.75, 3.05) is 24.6 Å². The van der Waals surface area contributed by atoms with Gasteiger partial charge in [-0.1, -0.05) is 12.1 Å². The number of aliphatic hydroxyl groups excluding tert-OH is 1. The van der Waals surface area contributed by atoms with Crippen molar-refractivity contribution >= 4 is 18.0 Å². The Morgan fingerprint density at radius 2 is 2.44 bits per heavy atom. The van der Waals surface area contributed by atoms with Crippen LogP contribution < -0.4 is 4.90 Å². The first kappa shape index (κ1) is 12.6. The van der Waals surface area contributed by atoms with Crippen LogP contribution in [0.1, 0.15) is 18.6 Å². The zero-order valence-corrected chi connectivity index (χ0v) is 10.2. The average Bonchev–Trinajstić information content (AvgIpc) is 2.92. The molecule has 1 unspecified atom stereocenters. The third-order valence-electron chi connectivity index (χ3n) is 2.72. The summed E-state index contributed by atoms with van der Waals surface area (Å²) in [4.78, 5) is 17.6. The third-order valence-corrected chi connectivity index (χ3v) is 2.72. The van der Waals surface area contributed by atoms with E-state index in [1.54, 1.807) is 31.5 Å². The van der Waals surface area contributed by atoms with Crippen LogP contribution in [0.15, 0.2) is 29.3 Å². The molecule has 1 N–H and O–H groups in total. The molecule has 0 saturated carbocycles. The normalized spacial score (nSPS) is 15.8. The van der Waals surface area contributed by atoms with Gasteiger partial charge in [0.25, 0.3) is 0 Å². The molecule has 1 aliphatic heterocycles. The molecule has 1 aliphatic rings. The number of carbonyl (C=O) groups excluding carboxylic acids is 1. The second-order valence-corrected chi connectivity index (χ2v) is 3.96. The van der Waals surface area contributed by atoms with E-state index >= 15 is 0 Å². The molecule has 1 aromatic rings. The maximum Gasteiger partial charge on any atom is 0.339 e. The summed E-state index contributed by atoms with van der Waals surface area (Å²) in [6.45, 7) is 3.56. The lowest BCUT2D eigenvalue weighted by Gasteiger charge is -2.16. The maximum absolute atomic E-state index is 11.5. The summed E-state index contributed by atoms with van der Waals surface area (Å²) in [6.07, 6.45) is 0.528. The van der Waals surface area contributed by atoms with Crippen LogP contribution in [0, 0.1) is 0 Å². The van der Waals surface area contributed by atoms with Crippen molar-refractivity contribution in [3.8, 4) is 0 Å². The number of rotatable bonds is 4. The molecule has 18 heavy (non-hydrogen) atoms. The monoisotopic (exact) mass is 248 g/mol. The first-order valence-corrected chi connectivity index (χ1v) is 5.93. The van der Waals surface area contributed by atoms with Gasteiger partial charge in [-0.25, -0.2) is 4.79 Å². The van der Waals surface area contributed by atoms with Crippen molar-refractivity contribution in [2.24, 2.45) is 4.99 Å². The smallest absolute Gasteiger partial charge is 0.339 e. The quantitative estimate of drug-likeness (QED) is 0.811. The molecule has 1 heterocycles. The number of carbonyl (C=O) groups is 1. The minimum absolute atomic E-state index is 0.258. The number of ether oxygens (including phenoxy) is 1. The standard InChI is InChI=1S/C13H16N2O3/c1-2-18-13(17)12(16)10-4-3-5-11(8-10)15-7-6-14-9-15/h3-5,8-9,12,16H,2,6-7H2,1H3. The van der Waals surface area contributed by atoms with E-state index in [9.17, 15) is 9.90 Å². The Labute approximate surface area is 106 Å². The minimum atomic E-state index is -1.23. The van der Waals surface area contributed by atoms with Crippen LogP contribution >= 0.6 is 0 Å². The fourth-order valence-corrected chi connectivity index (χ4v) is 1.81. The van der Waals surface area contributed by atoms with Gasteiger partial charge in [-0.15, -0.1) is 0 Å². The Morgan fingerprint density at radius 1 is 1.61 bits per heavy atom. The van der Waals surface area contributed by atoms with Gasteiger partial charge in [0.05, 0.1) is 19.5 Å². The van der Waals surface area contributed by atoms with Crippen molar-refractivity contribution in [3.05, 3.63) is 29.8 Å². The van der Waals surface area contributed by atoms with Gasteiger partial charge in [-0.05, 0) is 24.6 Å². The molecule has 0 aliphatic carbocycles. The number of aliphatic imine (C=N–C) groups is 1. The lowest BCUT2D eigenvalue weighted by atomic mass is 10.1. The number of aliphatic hydroxyl groups is 1. The van der Waals surface area contributed by atoms with Gasteiger partial charge in [0.1, 0.15) is 0 Å². The summed E-state index contributed by atoms with van der Waals surface area (Å²) in [7, 11) is 0. The van der Waals surface area contributed by atoms with Crippen LogP contribution in [0.4, 0.5) is 5.69 Å². The summed E-state index contributed by atoms with van der Waals surface area (Å²) < 4.78 is 4.79. The summed E-state index contributed by atoms with van der Waals surface area (Å²) >= 11 is 0. The lowest BCUT2D eigenvalue weighted by Crippen LogP contribution is -2.19. The molecule has 0 spiro atoms. The van der Waals surface area contributed by atoms with Gasteiger partial charge in [-0.2, -0.15) is 0 Å². The number of hydrogen-bond acceptors (Lipinski definition) is 5. The minimum Gasteiger partial charge on any atom is -0.464 e. The number of esters is 1. The van der Waals surface area contributed by atoms with Gasteiger partial charge >= 0.3 is 5.97 Å². The van der Waals surface area contributed by atoms with Crippen molar-refractivity contribution in [2.45, 2.75) is 13.0 Å². The van der Waals surface area contributed by atoms with Crippen LogP contribution in [0.3, 0.4) is 0 Å². The number of anilines is 1. The van der Waals surface area contributed by atoms with E-state index in [1.165, 1.54) is 0 Å².